The first-order valence-electron chi connectivity index (χ1n) is 6.51. The molecule has 1 rings (SSSR count). The highest BCUT2D eigenvalue weighted by molar-refractivity contribution is 5.93. The fourth-order valence-electron chi connectivity index (χ4n) is 1.56. The van der Waals surface area contributed by atoms with Crippen LogP contribution in [0.5, 0.6) is 0 Å². The van der Waals surface area contributed by atoms with Gasteiger partial charge in [-0.2, -0.15) is 5.11 Å². The summed E-state index contributed by atoms with van der Waals surface area (Å²) in [7, 11) is 0. The van der Waals surface area contributed by atoms with Crippen molar-refractivity contribution in [3.63, 3.8) is 0 Å². The zero-order chi connectivity index (χ0) is 15.8. The van der Waals surface area contributed by atoms with Gasteiger partial charge >= 0.3 is 5.97 Å². The van der Waals surface area contributed by atoms with Crippen molar-refractivity contribution in [2.45, 2.75) is 27.2 Å². The van der Waals surface area contributed by atoms with Crippen LogP contribution in [-0.2, 0) is 20.7 Å². The third kappa shape index (κ3) is 5.56. The van der Waals surface area contributed by atoms with Gasteiger partial charge in [0.1, 0.15) is 5.76 Å². The van der Waals surface area contributed by atoms with Crippen molar-refractivity contribution in [1.82, 2.24) is 0 Å². The number of azo groups is 1. The largest absolute Gasteiger partial charge is 0.510 e. The number of nitrogens with zero attached hydrogens (tertiary/aromatic N) is 2. The molecule has 1 aromatic rings. The van der Waals surface area contributed by atoms with Crippen LogP contribution in [0.15, 0.2) is 46.0 Å². The average molecular weight is 290 g/mol. The van der Waals surface area contributed by atoms with Crippen LogP contribution in [0.25, 0.3) is 0 Å². The van der Waals surface area contributed by atoms with E-state index in [1.807, 2.05) is 0 Å². The Morgan fingerprint density at radius 3 is 2.29 bits per heavy atom. The van der Waals surface area contributed by atoms with Crippen molar-refractivity contribution in [3.05, 3.63) is 41.3 Å². The highest BCUT2D eigenvalue weighted by Crippen LogP contribution is 2.16. The molecule has 112 valence electrons. The lowest BCUT2D eigenvalue weighted by molar-refractivity contribution is -0.142. The van der Waals surface area contributed by atoms with Crippen molar-refractivity contribution in [2.75, 3.05) is 6.61 Å². The minimum absolute atomic E-state index is 0.0781. The van der Waals surface area contributed by atoms with E-state index in [9.17, 15) is 14.7 Å². The molecule has 0 aliphatic carbocycles. The van der Waals surface area contributed by atoms with E-state index in [0.29, 0.717) is 12.3 Å². The van der Waals surface area contributed by atoms with Crippen LogP contribution < -0.4 is 0 Å². The third-order valence-electron chi connectivity index (χ3n) is 2.53. The molecule has 0 fully saturated rings. The molecule has 0 heterocycles. The lowest BCUT2D eigenvalue weighted by atomic mass is 10.1. The number of aliphatic hydroxyl groups excluding tert-OH is 1. The van der Waals surface area contributed by atoms with Gasteiger partial charge in [-0.05, 0) is 31.5 Å². The van der Waals surface area contributed by atoms with Gasteiger partial charge in [0, 0.05) is 6.92 Å². The maximum Gasteiger partial charge on any atom is 0.310 e. The first-order chi connectivity index (χ1) is 9.93. The molecule has 1 N–H and O–H groups in total. The van der Waals surface area contributed by atoms with Gasteiger partial charge in [-0.15, -0.1) is 5.11 Å². The zero-order valence-electron chi connectivity index (χ0n) is 12.3. The van der Waals surface area contributed by atoms with Crippen LogP contribution in [0.3, 0.4) is 0 Å². The summed E-state index contributed by atoms with van der Waals surface area (Å²) in [6.45, 7) is 4.78. The second kappa shape index (κ2) is 7.94. The molecule has 21 heavy (non-hydrogen) atoms. The molecule has 0 aliphatic heterocycles. The Hall–Kier alpha value is -2.50. The summed E-state index contributed by atoms with van der Waals surface area (Å²) in [6.07, 6.45) is 0.194. The van der Waals surface area contributed by atoms with Gasteiger partial charge < -0.3 is 9.84 Å². The third-order valence-corrected chi connectivity index (χ3v) is 2.53. The number of ether oxygens (including phenoxy) is 1. The molecule has 0 amide bonds. The predicted molar refractivity (Wildman–Crippen MR) is 77.3 cm³/mol. The van der Waals surface area contributed by atoms with E-state index >= 15 is 0 Å². The summed E-state index contributed by atoms with van der Waals surface area (Å²) in [5.41, 5.74) is 1.24. The minimum Gasteiger partial charge on any atom is -0.510 e. The van der Waals surface area contributed by atoms with E-state index in [1.165, 1.54) is 13.8 Å². The summed E-state index contributed by atoms with van der Waals surface area (Å²) in [5, 5.41) is 16.9. The molecule has 0 bridgehead atoms. The first kappa shape index (κ1) is 16.6. The van der Waals surface area contributed by atoms with Crippen molar-refractivity contribution >= 4 is 17.4 Å². The number of hydrogen-bond acceptors (Lipinski definition) is 6. The summed E-state index contributed by atoms with van der Waals surface area (Å²) in [6, 6.07) is 6.80. The monoisotopic (exact) mass is 290 g/mol. The number of rotatable bonds is 6. The number of ketones is 1. The number of aliphatic hydroxyl groups is 1. The van der Waals surface area contributed by atoms with E-state index in [-0.39, 0.29) is 29.6 Å². The van der Waals surface area contributed by atoms with E-state index < -0.39 is 0 Å². The minimum atomic E-state index is -0.363. The van der Waals surface area contributed by atoms with Crippen LogP contribution in [-0.4, -0.2) is 23.5 Å². The molecule has 0 aromatic heterocycles. The van der Waals surface area contributed by atoms with Crippen molar-refractivity contribution < 1.29 is 19.4 Å². The molecular formula is C15H18N2O4. The van der Waals surface area contributed by atoms with Crippen LogP contribution >= 0.6 is 0 Å². The summed E-state index contributed by atoms with van der Waals surface area (Å²) in [5.74, 6) is -0.826. The Morgan fingerprint density at radius 1 is 1.19 bits per heavy atom. The lowest BCUT2D eigenvalue weighted by Crippen LogP contribution is -2.07. The van der Waals surface area contributed by atoms with Gasteiger partial charge in [0.15, 0.2) is 11.5 Å². The molecule has 0 aliphatic rings. The van der Waals surface area contributed by atoms with Crippen molar-refractivity contribution in [2.24, 2.45) is 10.2 Å². The Balaban J connectivity index is 2.77. The number of Topliss-reactive ketones (excluding diaryl/α,β-unsaturated/α-hetero) is 1. The van der Waals surface area contributed by atoms with E-state index in [2.05, 4.69) is 10.2 Å². The SMILES string of the molecule is CCOC(=O)Cc1ccc(N=N/C(C(C)=O)=C(/C)O)cc1. The van der Waals surface area contributed by atoms with Gasteiger partial charge in [0.25, 0.3) is 0 Å². The average Bonchev–Trinajstić information content (AvgIpc) is 2.40. The summed E-state index contributed by atoms with van der Waals surface area (Å²) >= 11 is 0. The van der Waals surface area contributed by atoms with Gasteiger partial charge in [-0.25, -0.2) is 0 Å². The van der Waals surface area contributed by atoms with Gasteiger partial charge in [0.05, 0.1) is 18.7 Å². The fourth-order valence-corrected chi connectivity index (χ4v) is 1.56. The molecule has 0 saturated carbocycles. The predicted octanol–water partition coefficient (Wildman–Crippen LogP) is 3.25. The standard InChI is InChI=1S/C15H18N2O4/c1-4-21-14(20)9-12-5-7-13(8-6-12)16-17-15(10(2)18)11(3)19/h5-8,18H,4,9H2,1-3H3/b15-10-,17-16?. The number of benzene rings is 1. The Morgan fingerprint density at radius 2 is 1.81 bits per heavy atom. The van der Waals surface area contributed by atoms with Crippen LogP contribution in [0.2, 0.25) is 0 Å². The molecule has 0 atom stereocenters. The fraction of sp³-hybridized carbons (Fsp3) is 0.333. The molecule has 0 unspecified atom stereocenters. The smallest absolute Gasteiger partial charge is 0.310 e. The normalized spacial score (nSPS) is 12.1. The Kier molecular flexibility index (Phi) is 6.26. The van der Waals surface area contributed by atoms with Gasteiger partial charge in [-0.3, -0.25) is 9.59 Å². The lowest BCUT2D eigenvalue weighted by Gasteiger charge is -2.02. The van der Waals surface area contributed by atoms with Gasteiger partial charge in [-0.1, -0.05) is 12.1 Å². The summed E-state index contributed by atoms with van der Waals surface area (Å²) < 4.78 is 4.86. The van der Waals surface area contributed by atoms with E-state index in [0.717, 1.165) is 5.56 Å². The Labute approximate surface area is 123 Å². The zero-order valence-corrected chi connectivity index (χ0v) is 12.3. The van der Waals surface area contributed by atoms with Crippen molar-refractivity contribution in [1.29, 1.82) is 0 Å². The maximum atomic E-state index is 11.3. The molecule has 0 radical (unpaired) electrons. The molecular weight excluding hydrogens is 272 g/mol. The number of allylic oxidation sites excluding steroid dienone is 2. The highest BCUT2D eigenvalue weighted by atomic mass is 16.5. The molecule has 1 aromatic carbocycles. The number of esters is 1. The van der Waals surface area contributed by atoms with Gasteiger partial charge in [0.2, 0.25) is 0 Å². The molecule has 6 nitrogen and oxygen atoms in total. The second-order valence-electron chi connectivity index (χ2n) is 4.34. The van der Waals surface area contributed by atoms with Crippen LogP contribution in [0.1, 0.15) is 26.3 Å². The molecule has 0 saturated heterocycles. The molecule has 6 heteroatoms. The van der Waals surface area contributed by atoms with Crippen LogP contribution in [0, 0.1) is 0 Å². The maximum absolute atomic E-state index is 11.3. The highest BCUT2D eigenvalue weighted by Gasteiger charge is 2.07. The number of hydrogen-bond donors (Lipinski definition) is 1. The number of carbonyl (C=O) groups excluding carboxylic acids is 2. The van der Waals surface area contributed by atoms with E-state index in [4.69, 9.17) is 4.74 Å². The molecule has 0 spiro atoms. The Bertz CT molecular complexity index is 570. The van der Waals surface area contributed by atoms with E-state index in [1.54, 1.807) is 31.2 Å². The van der Waals surface area contributed by atoms with Crippen molar-refractivity contribution in [3.8, 4) is 0 Å². The first-order valence-corrected chi connectivity index (χ1v) is 6.51. The quantitative estimate of drug-likeness (QED) is 0.377. The summed E-state index contributed by atoms with van der Waals surface area (Å²) in [4.78, 5) is 22.5. The van der Waals surface area contributed by atoms with Crippen LogP contribution in [0.4, 0.5) is 5.69 Å². The topological polar surface area (TPSA) is 88.3 Å². The second-order valence-corrected chi connectivity index (χ2v) is 4.34. The number of carbonyl (C=O) groups is 2.